The van der Waals surface area contributed by atoms with Gasteiger partial charge in [0.2, 0.25) is 0 Å². The Morgan fingerprint density at radius 2 is 2.06 bits per heavy atom. The fourth-order valence-electron chi connectivity index (χ4n) is 1.31. The molecule has 1 aromatic rings. The van der Waals surface area contributed by atoms with Crippen molar-refractivity contribution < 1.29 is 9.59 Å². The predicted octanol–water partition coefficient (Wildman–Crippen LogP) is 1.26. The molecule has 0 unspecified atom stereocenters. The smallest absolute Gasteiger partial charge is 0.313 e. The molecule has 1 aromatic carbocycles. The highest BCUT2D eigenvalue weighted by molar-refractivity contribution is 6.39. The van der Waals surface area contributed by atoms with Crippen LogP contribution in [0.15, 0.2) is 18.2 Å². The van der Waals surface area contributed by atoms with Gasteiger partial charge < -0.3 is 16.4 Å². The molecule has 0 spiro atoms. The maximum atomic E-state index is 11.6. The van der Waals surface area contributed by atoms with Crippen LogP contribution in [0.5, 0.6) is 0 Å². The lowest BCUT2D eigenvalue weighted by atomic mass is 10.2. The Morgan fingerprint density at radius 3 is 2.72 bits per heavy atom. The summed E-state index contributed by atoms with van der Waals surface area (Å²) in [7, 11) is 0. The lowest BCUT2D eigenvalue weighted by Gasteiger charge is -2.09. The van der Waals surface area contributed by atoms with Crippen LogP contribution in [0, 0.1) is 6.92 Å². The highest BCUT2D eigenvalue weighted by Gasteiger charge is 2.14. The summed E-state index contributed by atoms with van der Waals surface area (Å²) in [6, 6.07) is 5.21. The topological polar surface area (TPSA) is 84.2 Å². The SMILES string of the molecule is Cc1ccc(N)c(NC(=O)C(=O)NCCCCl)c1. The van der Waals surface area contributed by atoms with Gasteiger partial charge in [-0.2, -0.15) is 0 Å². The zero-order chi connectivity index (χ0) is 13.5. The third kappa shape index (κ3) is 4.25. The second-order valence-corrected chi connectivity index (χ2v) is 4.22. The summed E-state index contributed by atoms with van der Waals surface area (Å²) in [5.41, 5.74) is 7.50. The fourth-order valence-corrected chi connectivity index (χ4v) is 1.44. The largest absolute Gasteiger partial charge is 0.397 e. The second-order valence-electron chi connectivity index (χ2n) is 3.84. The molecule has 18 heavy (non-hydrogen) atoms. The van der Waals surface area contributed by atoms with E-state index in [0.717, 1.165) is 5.56 Å². The van der Waals surface area contributed by atoms with Crippen LogP contribution in [0.2, 0.25) is 0 Å². The van der Waals surface area contributed by atoms with Crippen molar-refractivity contribution in [3.05, 3.63) is 23.8 Å². The average molecular weight is 270 g/mol. The molecule has 0 fully saturated rings. The van der Waals surface area contributed by atoms with Crippen molar-refractivity contribution in [1.82, 2.24) is 5.32 Å². The number of carbonyl (C=O) groups is 2. The first kappa shape index (κ1) is 14.3. The summed E-state index contributed by atoms with van der Waals surface area (Å²) in [6.45, 7) is 2.24. The summed E-state index contributed by atoms with van der Waals surface area (Å²) in [5.74, 6) is -0.991. The normalized spacial score (nSPS) is 9.89. The number of rotatable bonds is 4. The van der Waals surface area contributed by atoms with Gasteiger partial charge in [-0.15, -0.1) is 11.6 Å². The highest BCUT2D eigenvalue weighted by atomic mass is 35.5. The Kier molecular flexibility index (Phi) is 5.45. The molecule has 5 nitrogen and oxygen atoms in total. The number of anilines is 2. The predicted molar refractivity (Wildman–Crippen MR) is 72.6 cm³/mol. The number of alkyl halides is 1. The van der Waals surface area contributed by atoms with Gasteiger partial charge in [-0.25, -0.2) is 0 Å². The lowest BCUT2D eigenvalue weighted by Crippen LogP contribution is -2.36. The number of nitrogen functional groups attached to an aromatic ring is 1. The minimum absolute atomic E-state index is 0.374. The number of nitrogens with one attached hydrogen (secondary N) is 2. The Morgan fingerprint density at radius 1 is 1.33 bits per heavy atom. The molecule has 2 amide bonds. The van der Waals surface area contributed by atoms with Crippen LogP contribution < -0.4 is 16.4 Å². The molecule has 0 saturated carbocycles. The number of amides is 2. The Balaban J connectivity index is 2.58. The molecule has 0 aromatic heterocycles. The number of hydrogen-bond acceptors (Lipinski definition) is 3. The summed E-state index contributed by atoms with van der Waals surface area (Å²) >= 11 is 5.46. The summed E-state index contributed by atoms with van der Waals surface area (Å²) in [6.07, 6.45) is 0.618. The number of nitrogens with two attached hydrogens (primary N) is 1. The van der Waals surface area contributed by atoms with Gasteiger partial charge in [0.05, 0.1) is 11.4 Å². The number of aryl methyl sites for hydroxylation is 1. The molecule has 1 rings (SSSR count). The zero-order valence-corrected chi connectivity index (χ0v) is 10.9. The molecule has 98 valence electrons. The molecule has 0 atom stereocenters. The van der Waals surface area contributed by atoms with Crippen molar-refractivity contribution in [2.75, 3.05) is 23.5 Å². The molecule has 0 aliphatic carbocycles. The average Bonchev–Trinajstić information content (AvgIpc) is 2.34. The first-order valence-electron chi connectivity index (χ1n) is 5.56. The fraction of sp³-hybridized carbons (Fsp3) is 0.333. The monoisotopic (exact) mass is 269 g/mol. The minimum Gasteiger partial charge on any atom is -0.397 e. The minimum atomic E-state index is -0.734. The van der Waals surface area contributed by atoms with E-state index in [9.17, 15) is 9.59 Å². The third-order valence-electron chi connectivity index (χ3n) is 2.26. The maximum absolute atomic E-state index is 11.6. The van der Waals surface area contributed by atoms with Crippen molar-refractivity contribution in [2.45, 2.75) is 13.3 Å². The first-order valence-corrected chi connectivity index (χ1v) is 6.09. The third-order valence-corrected chi connectivity index (χ3v) is 2.53. The van der Waals surface area contributed by atoms with Gasteiger partial charge >= 0.3 is 11.8 Å². The van der Waals surface area contributed by atoms with Gasteiger partial charge in [-0.1, -0.05) is 6.07 Å². The zero-order valence-electron chi connectivity index (χ0n) is 10.1. The van der Waals surface area contributed by atoms with E-state index in [2.05, 4.69) is 10.6 Å². The van der Waals surface area contributed by atoms with Gasteiger partial charge in [0.1, 0.15) is 0 Å². The van der Waals surface area contributed by atoms with Gasteiger partial charge in [0.15, 0.2) is 0 Å². The number of carbonyl (C=O) groups excluding carboxylic acids is 2. The van der Waals surface area contributed by atoms with Crippen LogP contribution in [0.4, 0.5) is 11.4 Å². The second kappa shape index (κ2) is 6.86. The quantitative estimate of drug-likeness (QED) is 0.333. The van der Waals surface area contributed by atoms with Crippen molar-refractivity contribution in [3.63, 3.8) is 0 Å². The number of benzene rings is 1. The van der Waals surface area contributed by atoms with Crippen molar-refractivity contribution in [1.29, 1.82) is 0 Å². The van der Waals surface area contributed by atoms with Crippen molar-refractivity contribution in [3.8, 4) is 0 Å². The van der Waals surface area contributed by atoms with E-state index >= 15 is 0 Å². The van der Waals surface area contributed by atoms with Crippen LogP contribution in [-0.4, -0.2) is 24.2 Å². The van der Waals surface area contributed by atoms with E-state index in [4.69, 9.17) is 17.3 Å². The highest BCUT2D eigenvalue weighted by Crippen LogP contribution is 2.19. The molecular formula is C12H16ClN3O2. The van der Waals surface area contributed by atoms with Crippen LogP contribution in [-0.2, 0) is 9.59 Å². The molecule has 0 bridgehead atoms. The van der Waals surface area contributed by atoms with Crippen LogP contribution >= 0.6 is 11.6 Å². The lowest BCUT2D eigenvalue weighted by molar-refractivity contribution is -0.136. The van der Waals surface area contributed by atoms with Crippen LogP contribution in [0.1, 0.15) is 12.0 Å². The number of hydrogen-bond donors (Lipinski definition) is 3. The maximum Gasteiger partial charge on any atom is 0.313 e. The van der Waals surface area contributed by atoms with E-state index in [1.165, 1.54) is 0 Å². The summed E-state index contributed by atoms with van der Waals surface area (Å²) < 4.78 is 0. The first-order chi connectivity index (χ1) is 8.54. The summed E-state index contributed by atoms with van der Waals surface area (Å²) in [5, 5.41) is 4.93. The van der Waals surface area contributed by atoms with E-state index in [-0.39, 0.29) is 0 Å². The molecule has 4 N–H and O–H groups in total. The van der Waals surface area contributed by atoms with E-state index < -0.39 is 11.8 Å². The van der Waals surface area contributed by atoms with Crippen LogP contribution in [0.3, 0.4) is 0 Å². The Hall–Kier alpha value is -1.75. The Bertz CT molecular complexity index is 449. The van der Waals surface area contributed by atoms with Gasteiger partial charge in [-0.3, -0.25) is 9.59 Å². The molecule has 0 aliphatic rings. The van der Waals surface area contributed by atoms with E-state index in [0.29, 0.717) is 30.2 Å². The van der Waals surface area contributed by atoms with Crippen molar-refractivity contribution >= 4 is 34.8 Å². The molecule has 0 radical (unpaired) electrons. The van der Waals surface area contributed by atoms with Crippen LogP contribution in [0.25, 0.3) is 0 Å². The van der Waals surface area contributed by atoms with Crippen molar-refractivity contribution in [2.24, 2.45) is 0 Å². The molecule has 0 saturated heterocycles. The Labute approximate surface area is 111 Å². The van der Waals surface area contributed by atoms with Gasteiger partial charge in [0.25, 0.3) is 0 Å². The standard InChI is InChI=1S/C12H16ClN3O2/c1-8-3-4-9(14)10(7-8)16-12(18)11(17)15-6-2-5-13/h3-4,7H,2,5-6,14H2,1H3,(H,15,17)(H,16,18). The molecule has 0 heterocycles. The van der Waals surface area contributed by atoms with Gasteiger partial charge in [0, 0.05) is 12.4 Å². The number of halogens is 1. The van der Waals surface area contributed by atoms with Gasteiger partial charge in [-0.05, 0) is 31.0 Å². The summed E-state index contributed by atoms with van der Waals surface area (Å²) in [4.78, 5) is 23.0. The molecule has 0 aliphatic heterocycles. The van der Waals surface area contributed by atoms with E-state index in [1.54, 1.807) is 12.1 Å². The van der Waals surface area contributed by atoms with E-state index in [1.807, 2.05) is 13.0 Å². The molecule has 6 heteroatoms. The molecular weight excluding hydrogens is 254 g/mol.